The van der Waals surface area contributed by atoms with E-state index in [1.165, 1.54) is 12.8 Å². The van der Waals surface area contributed by atoms with Gasteiger partial charge in [-0.25, -0.2) is 0 Å². The van der Waals surface area contributed by atoms with Crippen molar-refractivity contribution in [3.05, 3.63) is 12.2 Å². The molecule has 1 aliphatic heterocycles. The molecule has 0 atom stereocenters. The highest BCUT2D eigenvalue weighted by molar-refractivity contribution is 5.90. The minimum Gasteiger partial charge on any atom is -0.357 e. The molecule has 80 valence electrons. The number of allylic oxidation sites excluding steroid dienone is 1. The fourth-order valence-electron chi connectivity index (χ4n) is 1.89. The molecule has 1 heterocycles. The molecule has 0 bridgehead atoms. The molecule has 3 nitrogen and oxygen atoms in total. The lowest BCUT2D eigenvalue weighted by Gasteiger charge is -2.35. The molecule has 1 N–H and O–H groups in total. The first-order valence-electron chi connectivity index (χ1n) is 5.27. The Balaban J connectivity index is 2.39. The van der Waals surface area contributed by atoms with Crippen molar-refractivity contribution < 1.29 is 0 Å². The third-order valence-electron chi connectivity index (χ3n) is 2.86. The molecule has 0 radical (unpaired) electrons. The van der Waals surface area contributed by atoms with E-state index in [2.05, 4.69) is 23.9 Å². The highest BCUT2D eigenvalue weighted by atomic mass is 15.2. The fraction of sp³-hybridized carbons (Fsp3) is 0.727. The predicted octanol–water partition coefficient (Wildman–Crippen LogP) is 1.57. The van der Waals surface area contributed by atoms with Crippen molar-refractivity contribution in [1.82, 2.24) is 9.80 Å². The number of hydrogen-bond acceptors (Lipinski definition) is 2. The molecule has 0 aromatic heterocycles. The normalized spacial score (nSPS) is 19.6. The second-order valence-corrected chi connectivity index (χ2v) is 4.07. The number of nitrogens with one attached hydrogen (secondary N) is 1. The van der Waals surface area contributed by atoms with E-state index in [4.69, 9.17) is 5.41 Å². The lowest BCUT2D eigenvalue weighted by Crippen LogP contribution is -2.43. The summed E-state index contributed by atoms with van der Waals surface area (Å²) in [7, 11) is 4.27. The van der Waals surface area contributed by atoms with Gasteiger partial charge in [0.25, 0.3) is 0 Å². The van der Waals surface area contributed by atoms with Gasteiger partial charge in [0.1, 0.15) is 5.84 Å². The van der Waals surface area contributed by atoms with Gasteiger partial charge in [0.05, 0.1) is 0 Å². The summed E-state index contributed by atoms with van der Waals surface area (Å²) < 4.78 is 0. The Hall–Kier alpha value is -0.830. The molecule has 1 fully saturated rings. The molecule has 14 heavy (non-hydrogen) atoms. The summed E-state index contributed by atoms with van der Waals surface area (Å²) in [6, 6.07) is 0.699. The number of likely N-dealkylation sites (tertiary alicyclic amines) is 1. The molecule has 0 aromatic carbocycles. The van der Waals surface area contributed by atoms with Crippen molar-refractivity contribution in [3.63, 3.8) is 0 Å². The van der Waals surface area contributed by atoms with E-state index in [0.29, 0.717) is 11.9 Å². The van der Waals surface area contributed by atoms with Crippen LogP contribution in [0, 0.1) is 5.41 Å². The van der Waals surface area contributed by atoms with Crippen LogP contribution in [-0.2, 0) is 0 Å². The van der Waals surface area contributed by atoms with Gasteiger partial charge in [0, 0.05) is 19.1 Å². The standard InChI is InChI=1S/C11H21N3/c1-4-5-11(12)14-8-6-10(7-9-14)13(2)3/h4-5,10,12H,6-9H2,1-3H3/b5-4-,12-11?. The van der Waals surface area contributed by atoms with Crippen molar-refractivity contribution in [2.45, 2.75) is 25.8 Å². The largest absolute Gasteiger partial charge is 0.357 e. The van der Waals surface area contributed by atoms with Crippen LogP contribution in [0.4, 0.5) is 0 Å². The zero-order chi connectivity index (χ0) is 10.6. The van der Waals surface area contributed by atoms with E-state index in [1.807, 2.05) is 19.1 Å². The van der Waals surface area contributed by atoms with E-state index in [-0.39, 0.29) is 0 Å². The van der Waals surface area contributed by atoms with Crippen LogP contribution in [0.5, 0.6) is 0 Å². The molecule has 0 amide bonds. The quantitative estimate of drug-likeness (QED) is 0.535. The third-order valence-corrected chi connectivity index (χ3v) is 2.86. The summed E-state index contributed by atoms with van der Waals surface area (Å²) in [5, 5.41) is 7.78. The maximum atomic E-state index is 7.78. The molecule has 0 saturated carbocycles. The SMILES string of the molecule is C/C=C\C(=N)N1CCC(N(C)C)CC1. The van der Waals surface area contributed by atoms with Gasteiger partial charge in [-0.3, -0.25) is 5.41 Å². The molecule has 0 unspecified atom stereocenters. The average molecular weight is 195 g/mol. The van der Waals surface area contributed by atoms with Gasteiger partial charge in [-0.05, 0) is 39.9 Å². The van der Waals surface area contributed by atoms with Gasteiger partial charge in [-0.2, -0.15) is 0 Å². The molecule has 0 aromatic rings. The van der Waals surface area contributed by atoms with E-state index in [0.717, 1.165) is 13.1 Å². The second kappa shape index (κ2) is 5.15. The first kappa shape index (κ1) is 11.2. The minimum atomic E-state index is 0.657. The molecule has 0 spiro atoms. The molecule has 1 saturated heterocycles. The predicted molar refractivity (Wildman–Crippen MR) is 60.8 cm³/mol. The van der Waals surface area contributed by atoms with Crippen molar-refractivity contribution in [3.8, 4) is 0 Å². The summed E-state index contributed by atoms with van der Waals surface area (Å²) in [4.78, 5) is 4.44. The van der Waals surface area contributed by atoms with Gasteiger partial charge >= 0.3 is 0 Å². The van der Waals surface area contributed by atoms with Gasteiger partial charge in [-0.15, -0.1) is 0 Å². The second-order valence-electron chi connectivity index (χ2n) is 4.07. The van der Waals surface area contributed by atoms with Crippen LogP contribution in [0.15, 0.2) is 12.2 Å². The summed E-state index contributed by atoms with van der Waals surface area (Å²) in [5.41, 5.74) is 0. The highest BCUT2D eigenvalue weighted by Gasteiger charge is 2.20. The van der Waals surface area contributed by atoms with E-state index < -0.39 is 0 Å². The number of piperidine rings is 1. The molecule has 3 heteroatoms. The monoisotopic (exact) mass is 195 g/mol. The smallest absolute Gasteiger partial charge is 0.120 e. The van der Waals surface area contributed by atoms with Crippen molar-refractivity contribution in [1.29, 1.82) is 5.41 Å². The van der Waals surface area contributed by atoms with Crippen LogP contribution in [-0.4, -0.2) is 48.9 Å². The van der Waals surface area contributed by atoms with Gasteiger partial charge in [-0.1, -0.05) is 6.08 Å². The highest BCUT2D eigenvalue weighted by Crippen LogP contribution is 2.14. The number of amidine groups is 1. The van der Waals surface area contributed by atoms with Crippen LogP contribution < -0.4 is 0 Å². The van der Waals surface area contributed by atoms with Crippen LogP contribution in [0.1, 0.15) is 19.8 Å². The van der Waals surface area contributed by atoms with E-state index in [1.54, 1.807) is 0 Å². The van der Waals surface area contributed by atoms with Gasteiger partial charge < -0.3 is 9.80 Å². The van der Waals surface area contributed by atoms with Gasteiger partial charge in [0.15, 0.2) is 0 Å². The lowest BCUT2D eigenvalue weighted by atomic mass is 10.0. The van der Waals surface area contributed by atoms with Gasteiger partial charge in [0.2, 0.25) is 0 Å². The summed E-state index contributed by atoms with van der Waals surface area (Å²) in [6.07, 6.45) is 6.15. The van der Waals surface area contributed by atoms with Crippen molar-refractivity contribution >= 4 is 5.84 Å². The lowest BCUT2D eigenvalue weighted by molar-refractivity contribution is 0.191. The fourth-order valence-corrected chi connectivity index (χ4v) is 1.89. The summed E-state index contributed by atoms with van der Waals surface area (Å²) in [5.74, 6) is 0.657. The molecular formula is C11H21N3. The zero-order valence-electron chi connectivity index (χ0n) is 9.45. The minimum absolute atomic E-state index is 0.657. The van der Waals surface area contributed by atoms with E-state index >= 15 is 0 Å². The molecular weight excluding hydrogens is 174 g/mol. The Labute approximate surface area is 86.9 Å². The van der Waals surface area contributed by atoms with E-state index in [9.17, 15) is 0 Å². The Morgan fingerprint density at radius 1 is 1.36 bits per heavy atom. The number of nitrogens with zero attached hydrogens (tertiary/aromatic N) is 2. The number of rotatable bonds is 2. The average Bonchev–Trinajstić information content (AvgIpc) is 2.18. The van der Waals surface area contributed by atoms with Crippen molar-refractivity contribution in [2.75, 3.05) is 27.2 Å². The number of hydrogen-bond donors (Lipinski definition) is 1. The van der Waals surface area contributed by atoms with Crippen LogP contribution in [0.25, 0.3) is 0 Å². The van der Waals surface area contributed by atoms with Crippen LogP contribution in [0.2, 0.25) is 0 Å². The third kappa shape index (κ3) is 2.84. The Bertz CT molecular complexity index is 213. The topological polar surface area (TPSA) is 30.3 Å². The maximum absolute atomic E-state index is 7.78. The molecule has 1 rings (SSSR count). The van der Waals surface area contributed by atoms with Crippen LogP contribution in [0.3, 0.4) is 0 Å². The maximum Gasteiger partial charge on any atom is 0.120 e. The first-order valence-corrected chi connectivity index (χ1v) is 5.27. The zero-order valence-corrected chi connectivity index (χ0v) is 9.45. The first-order chi connectivity index (χ1) is 6.65. The molecule has 0 aliphatic carbocycles. The summed E-state index contributed by atoms with van der Waals surface area (Å²) >= 11 is 0. The summed E-state index contributed by atoms with van der Waals surface area (Å²) in [6.45, 7) is 4.00. The Morgan fingerprint density at radius 2 is 1.93 bits per heavy atom. The molecule has 1 aliphatic rings. The van der Waals surface area contributed by atoms with Crippen molar-refractivity contribution in [2.24, 2.45) is 0 Å². The Kier molecular flexibility index (Phi) is 4.14. The van der Waals surface area contributed by atoms with Crippen LogP contribution >= 0.6 is 0 Å². The Morgan fingerprint density at radius 3 is 2.36 bits per heavy atom.